The third-order valence-corrected chi connectivity index (χ3v) is 6.74. The van der Waals surface area contributed by atoms with Crippen LogP contribution in [0.3, 0.4) is 0 Å². The summed E-state index contributed by atoms with van der Waals surface area (Å²) in [5.41, 5.74) is 0. The number of rotatable bonds is 9. The lowest BCUT2D eigenvalue weighted by Crippen LogP contribution is -2.39. The molecule has 0 aromatic carbocycles. The van der Waals surface area contributed by atoms with E-state index in [9.17, 15) is 21.6 Å². The Morgan fingerprint density at radius 1 is 1.27 bits per heavy atom. The highest BCUT2D eigenvalue weighted by Gasteiger charge is 2.29. The lowest BCUT2D eigenvalue weighted by atomic mass is 10.2. The Kier molecular flexibility index (Phi) is 7.27. The van der Waals surface area contributed by atoms with E-state index in [1.807, 2.05) is 6.92 Å². The number of hydrogen-bond acceptors (Lipinski definition) is 5. The van der Waals surface area contributed by atoms with Crippen LogP contribution in [0.2, 0.25) is 0 Å². The fraction of sp³-hybridized carbons (Fsp3) is 0.923. The van der Waals surface area contributed by atoms with Crippen molar-refractivity contribution in [2.24, 2.45) is 0 Å². The van der Waals surface area contributed by atoms with E-state index in [4.69, 9.17) is 0 Å². The third-order valence-electron chi connectivity index (χ3n) is 3.67. The molecule has 9 heteroatoms. The van der Waals surface area contributed by atoms with E-state index in [1.54, 1.807) is 0 Å². The maximum atomic E-state index is 11.8. The second-order valence-corrected chi connectivity index (χ2v) is 10.00. The Morgan fingerprint density at radius 2 is 1.95 bits per heavy atom. The van der Waals surface area contributed by atoms with Crippen LogP contribution in [0.15, 0.2) is 0 Å². The molecule has 22 heavy (non-hydrogen) atoms. The molecule has 0 bridgehead atoms. The van der Waals surface area contributed by atoms with Crippen molar-refractivity contribution in [3.63, 3.8) is 0 Å². The van der Waals surface area contributed by atoms with E-state index in [0.717, 1.165) is 25.5 Å². The molecule has 1 heterocycles. The van der Waals surface area contributed by atoms with Gasteiger partial charge < -0.3 is 5.32 Å². The molecule has 1 atom stereocenters. The molecule has 0 aliphatic carbocycles. The van der Waals surface area contributed by atoms with E-state index < -0.39 is 19.9 Å². The topological polar surface area (TPSA) is 101 Å². The van der Waals surface area contributed by atoms with Gasteiger partial charge in [-0.25, -0.2) is 21.1 Å². The minimum absolute atomic E-state index is 0.0228. The molecule has 1 aliphatic heterocycles. The van der Waals surface area contributed by atoms with Gasteiger partial charge in [-0.15, -0.1) is 0 Å². The average Bonchev–Trinajstić information content (AvgIpc) is 2.71. The van der Waals surface area contributed by atoms with Crippen LogP contribution in [0.5, 0.6) is 0 Å². The van der Waals surface area contributed by atoms with Crippen molar-refractivity contribution in [3.8, 4) is 0 Å². The molecule has 1 aliphatic rings. The van der Waals surface area contributed by atoms with Crippen LogP contribution in [-0.4, -0.2) is 63.9 Å². The van der Waals surface area contributed by atoms with Crippen LogP contribution in [0.1, 0.15) is 39.0 Å². The van der Waals surface area contributed by atoms with Gasteiger partial charge in [0.15, 0.2) is 9.84 Å². The molecule has 0 saturated carbocycles. The normalized spacial score (nSPS) is 21.1. The molecule has 0 aromatic heterocycles. The second-order valence-electron chi connectivity index (χ2n) is 5.79. The zero-order valence-electron chi connectivity index (χ0n) is 13.2. The summed E-state index contributed by atoms with van der Waals surface area (Å²) in [4.78, 5) is 11.8. The zero-order chi connectivity index (χ0) is 16.8. The molecule has 1 rings (SSSR count). The Bertz CT molecular complexity index is 571. The second kappa shape index (κ2) is 8.26. The largest absolute Gasteiger partial charge is 0.352 e. The number of sulfone groups is 1. The summed E-state index contributed by atoms with van der Waals surface area (Å²) >= 11 is 0. The number of unbranched alkanes of at least 4 members (excludes halogenated alkanes) is 2. The molecule has 0 radical (unpaired) electrons. The first-order valence-corrected chi connectivity index (χ1v) is 11.3. The highest BCUT2D eigenvalue weighted by molar-refractivity contribution is 7.91. The van der Waals surface area contributed by atoms with Crippen LogP contribution in [0.4, 0.5) is 0 Å². The number of hydrogen-bond donors (Lipinski definition) is 1. The molecule has 1 N–H and O–H groups in total. The molecule has 1 fully saturated rings. The van der Waals surface area contributed by atoms with E-state index >= 15 is 0 Å². The molecule has 7 nitrogen and oxygen atoms in total. The van der Waals surface area contributed by atoms with Gasteiger partial charge in [-0.3, -0.25) is 4.79 Å². The summed E-state index contributed by atoms with van der Waals surface area (Å²) in [6, 6.07) is -0.343. The SMILES string of the molecule is CCCCCN(CCC(=O)NC1CCS(=O)(=O)C1)S(C)(=O)=O. The molecule has 0 aromatic rings. The third kappa shape index (κ3) is 7.06. The summed E-state index contributed by atoms with van der Waals surface area (Å²) in [5.74, 6) is -0.221. The summed E-state index contributed by atoms with van der Waals surface area (Å²) in [7, 11) is -6.36. The lowest BCUT2D eigenvalue weighted by molar-refractivity contribution is -0.121. The molecular formula is C13H26N2O5S2. The van der Waals surface area contributed by atoms with Crippen molar-refractivity contribution >= 4 is 25.8 Å². The molecule has 1 saturated heterocycles. The predicted molar refractivity (Wildman–Crippen MR) is 85.8 cm³/mol. The Hall–Kier alpha value is -0.670. The van der Waals surface area contributed by atoms with Gasteiger partial charge in [-0.1, -0.05) is 19.8 Å². The molecule has 1 unspecified atom stereocenters. The average molecular weight is 354 g/mol. The minimum Gasteiger partial charge on any atom is -0.352 e. The van der Waals surface area contributed by atoms with Gasteiger partial charge in [0.1, 0.15) is 0 Å². The summed E-state index contributed by atoms with van der Waals surface area (Å²) < 4.78 is 47.3. The standard InChI is InChI=1S/C13H26N2O5S2/c1-3-4-5-8-15(21(2,17)18)9-6-13(16)14-12-7-10-22(19,20)11-12/h12H,3-11H2,1-2H3,(H,14,16). The fourth-order valence-corrected chi connectivity index (χ4v) is 4.97. The first kappa shape index (κ1) is 19.4. The van der Waals surface area contributed by atoms with Crippen LogP contribution in [-0.2, 0) is 24.7 Å². The number of amides is 1. The van der Waals surface area contributed by atoms with Crippen molar-refractivity contribution in [2.75, 3.05) is 30.9 Å². The van der Waals surface area contributed by atoms with Crippen LogP contribution in [0.25, 0.3) is 0 Å². The fourth-order valence-electron chi connectivity index (χ4n) is 2.42. The van der Waals surface area contributed by atoms with Crippen molar-refractivity contribution in [2.45, 2.75) is 45.1 Å². The van der Waals surface area contributed by atoms with Crippen LogP contribution in [0, 0.1) is 0 Å². The molecular weight excluding hydrogens is 328 g/mol. The van der Waals surface area contributed by atoms with Gasteiger partial charge in [0, 0.05) is 25.6 Å². The first-order valence-electron chi connectivity index (χ1n) is 7.59. The zero-order valence-corrected chi connectivity index (χ0v) is 14.9. The summed E-state index contributed by atoms with van der Waals surface area (Å²) in [6.45, 7) is 2.58. The quantitative estimate of drug-likeness (QED) is 0.593. The summed E-state index contributed by atoms with van der Waals surface area (Å²) in [5, 5.41) is 2.67. The smallest absolute Gasteiger partial charge is 0.221 e. The number of carbonyl (C=O) groups is 1. The van der Waals surface area contributed by atoms with Gasteiger partial charge in [0.25, 0.3) is 0 Å². The van der Waals surface area contributed by atoms with E-state index in [-0.39, 0.29) is 36.4 Å². The Morgan fingerprint density at radius 3 is 2.45 bits per heavy atom. The van der Waals surface area contributed by atoms with Gasteiger partial charge in [-0.05, 0) is 12.8 Å². The highest BCUT2D eigenvalue weighted by atomic mass is 32.2. The lowest BCUT2D eigenvalue weighted by Gasteiger charge is -2.20. The van der Waals surface area contributed by atoms with Crippen LogP contribution >= 0.6 is 0 Å². The van der Waals surface area contributed by atoms with Crippen molar-refractivity contribution < 1.29 is 21.6 Å². The first-order chi connectivity index (χ1) is 10.1. The van der Waals surface area contributed by atoms with E-state index in [2.05, 4.69) is 5.32 Å². The maximum Gasteiger partial charge on any atom is 0.221 e. The monoisotopic (exact) mass is 354 g/mol. The van der Waals surface area contributed by atoms with Gasteiger partial charge in [0.2, 0.25) is 15.9 Å². The maximum absolute atomic E-state index is 11.8. The van der Waals surface area contributed by atoms with Gasteiger partial charge >= 0.3 is 0 Å². The van der Waals surface area contributed by atoms with Crippen LogP contribution < -0.4 is 5.32 Å². The minimum atomic E-state index is -3.33. The van der Waals surface area contributed by atoms with Gasteiger partial charge in [0.05, 0.1) is 17.8 Å². The summed E-state index contributed by atoms with van der Waals surface area (Å²) in [6.07, 6.45) is 4.33. The molecule has 1 amide bonds. The Labute approximate surface area is 133 Å². The Balaban J connectivity index is 2.42. The van der Waals surface area contributed by atoms with E-state index in [1.165, 1.54) is 4.31 Å². The van der Waals surface area contributed by atoms with E-state index in [0.29, 0.717) is 13.0 Å². The van der Waals surface area contributed by atoms with Crippen molar-refractivity contribution in [1.29, 1.82) is 0 Å². The predicted octanol–water partition coefficient (Wildman–Crippen LogP) is 0.132. The highest BCUT2D eigenvalue weighted by Crippen LogP contribution is 2.11. The number of sulfonamides is 1. The molecule has 0 spiro atoms. The van der Waals surface area contributed by atoms with Gasteiger partial charge in [-0.2, -0.15) is 0 Å². The number of carbonyl (C=O) groups excluding carboxylic acids is 1. The molecule has 130 valence electrons. The van der Waals surface area contributed by atoms with Crippen molar-refractivity contribution in [3.05, 3.63) is 0 Å². The number of nitrogens with one attached hydrogen (secondary N) is 1. The van der Waals surface area contributed by atoms with Crippen molar-refractivity contribution in [1.82, 2.24) is 9.62 Å². The number of nitrogens with zero attached hydrogens (tertiary/aromatic N) is 1.